The fourth-order valence-electron chi connectivity index (χ4n) is 2.78. The topological polar surface area (TPSA) is 92.8 Å². The number of aryl methyl sites for hydroxylation is 2. The molecule has 27 heavy (non-hydrogen) atoms. The molecule has 0 spiro atoms. The Hall–Kier alpha value is -3.48. The number of ketones is 1. The number of benzene rings is 2. The zero-order chi connectivity index (χ0) is 19.6. The quantitative estimate of drug-likeness (QED) is 0.645. The van der Waals surface area contributed by atoms with Crippen molar-refractivity contribution in [1.29, 1.82) is 0 Å². The first-order chi connectivity index (χ1) is 12.9. The Labute approximate surface area is 155 Å². The molecular formula is C20H18N2O5. The summed E-state index contributed by atoms with van der Waals surface area (Å²) >= 11 is 0. The number of nitrogens with zero attached hydrogens (tertiary/aromatic N) is 1. The Morgan fingerprint density at radius 2 is 1.81 bits per heavy atom. The summed E-state index contributed by atoms with van der Waals surface area (Å²) in [5.41, 5.74) is 3.14. The largest absolute Gasteiger partial charge is 0.454 e. The highest BCUT2D eigenvalue weighted by Gasteiger charge is 2.36. The van der Waals surface area contributed by atoms with Crippen LogP contribution in [0.5, 0.6) is 0 Å². The lowest BCUT2D eigenvalue weighted by atomic mass is 10.1. The van der Waals surface area contributed by atoms with Crippen molar-refractivity contribution in [2.24, 2.45) is 0 Å². The summed E-state index contributed by atoms with van der Waals surface area (Å²) in [5, 5.41) is 2.68. The van der Waals surface area contributed by atoms with Gasteiger partial charge in [0.2, 0.25) is 0 Å². The van der Waals surface area contributed by atoms with E-state index in [2.05, 4.69) is 5.32 Å². The highest BCUT2D eigenvalue weighted by atomic mass is 16.5. The average Bonchev–Trinajstić information content (AvgIpc) is 2.88. The lowest BCUT2D eigenvalue weighted by molar-refractivity contribution is -0.146. The van der Waals surface area contributed by atoms with Gasteiger partial charge in [0.1, 0.15) is 6.54 Å². The Morgan fingerprint density at radius 3 is 2.59 bits per heavy atom. The molecule has 7 heteroatoms. The molecule has 0 fully saturated rings. The summed E-state index contributed by atoms with van der Waals surface area (Å²) in [5.74, 6) is -2.70. The van der Waals surface area contributed by atoms with Gasteiger partial charge in [-0.1, -0.05) is 24.3 Å². The Kier molecular flexibility index (Phi) is 5.03. The molecule has 0 radical (unpaired) electrons. The van der Waals surface area contributed by atoms with Gasteiger partial charge in [-0.2, -0.15) is 0 Å². The van der Waals surface area contributed by atoms with Crippen molar-refractivity contribution < 1.29 is 23.9 Å². The van der Waals surface area contributed by atoms with Gasteiger partial charge < -0.3 is 10.1 Å². The molecule has 0 saturated carbocycles. The first-order valence-electron chi connectivity index (χ1n) is 8.35. The van der Waals surface area contributed by atoms with Crippen LogP contribution in [0.1, 0.15) is 21.5 Å². The summed E-state index contributed by atoms with van der Waals surface area (Å²) in [4.78, 5) is 49.0. The van der Waals surface area contributed by atoms with Crippen LogP contribution >= 0.6 is 0 Å². The third-order valence-corrected chi connectivity index (χ3v) is 4.20. The van der Waals surface area contributed by atoms with Crippen LogP contribution in [-0.2, 0) is 19.1 Å². The number of rotatable bonds is 5. The summed E-state index contributed by atoms with van der Waals surface area (Å²) in [6.45, 7) is 2.85. The first kappa shape index (κ1) is 18.3. The molecule has 138 valence electrons. The van der Waals surface area contributed by atoms with Crippen LogP contribution in [0.4, 0.5) is 11.4 Å². The number of carbonyl (C=O) groups excluding carboxylic acids is 4. The van der Waals surface area contributed by atoms with Gasteiger partial charge in [-0.05, 0) is 43.2 Å². The Balaban J connectivity index is 1.57. The second-order valence-electron chi connectivity index (χ2n) is 6.26. The molecule has 2 amide bonds. The molecule has 2 aromatic rings. The van der Waals surface area contributed by atoms with E-state index in [1.54, 1.807) is 18.2 Å². The van der Waals surface area contributed by atoms with Crippen LogP contribution in [-0.4, -0.2) is 36.7 Å². The Bertz CT molecular complexity index is 951. The van der Waals surface area contributed by atoms with Crippen molar-refractivity contribution in [3.63, 3.8) is 0 Å². The second kappa shape index (κ2) is 7.41. The van der Waals surface area contributed by atoms with Crippen molar-refractivity contribution in [2.75, 3.05) is 23.4 Å². The van der Waals surface area contributed by atoms with Crippen LogP contribution in [0, 0.1) is 13.8 Å². The van der Waals surface area contributed by atoms with E-state index in [1.165, 1.54) is 6.07 Å². The predicted octanol–water partition coefficient (Wildman–Crippen LogP) is 2.01. The molecule has 0 atom stereocenters. The zero-order valence-corrected chi connectivity index (χ0v) is 14.9. The van der Waals surface area contributed by atoms with Crippen LogP contribution in [0.3, 0.4) is 0 Å². The van der Waals surface area contributed by atoms with Gasteiger partial charge in [-0.15, -0.1) is 0 Å². The molecular weight excluding hydrogens is 348 g/mol. The third-order valence-electron chi connectivity index (χ3n) is 4.20. The number of para-hydroxylation sites is 1. The summed E-state index contributed by atoms with van der Waals surface area (Å²) < 4.78 is 4.95. The van der Waals surface area contributed by atoms with Crippen LogP contribution in [0.25, 0.3) is 0 Å². The number of carbonyl (C=O) groups is 4. The molecule has 1 aliphatic heterocycles. The number of amides is 2. The predicted molar refractivity (Wildman–Crippen MR) is 98.6 cm³/mol. The minimum Gasteiger partial charge on any atom is -0.454 e. The van der Waals surface area contributed by atoms with Gasteiger partial charge in [-0.25, -0.2) is 0 Å². The molecule has 0 bridgehead atoms. The van der Waals surface area contributed by atoms with Gasteiger partial charge in [0.05, 0.1) is 11.3 Å². The molecule has 1 N–H and O–H groups in total. The van der Waals surface area contributed by atoms with Crippen molar-refractivity contribution in [3.05, 3.63) is 59.2 Å². The molecule has 1 aliphatic rings. The van der Waals surface area contributed by atoms with Gasteiger partial charge in [0.25, 0.3) is 17.6 Å². The van der Waals surface area contributed by atoms with Crippen LogP contribution in [0.2, 0.25) is 0 Å². The van der Waals surface area contributed by atoms with E-state index in [-0.39, 0.29) is 5.56 Å². The number of esters is 1. The first-order valence-corrected chi connectivity index (χ1v) is 8.35. The number of hydrogen-bond donors (Lipinski definition) is 1. The number of ether oxygens (including phenoxy) is 1. The van der Waals surface area contributed by atoms with Gasteiger partial charge >= 0.3 is 5.97 Å². The number of nitrogens with one attached hydrogen (secondary N) is 1. The van der Waals surface area contributed by atoms with Crippen LogP contribution < -0.4 is 10.2 Å². The standard InChI is InChI=1S/C20H18N2O5/c1-12-7-8-13(2)15(9-12)21-17(23)11-27-18(24)10-22-16-6-4-3-5-14(16)19(25)20(22)26/h3-9H,10-11H2,1-2H3,(H,21,23). The molecule has 7 nitrogen and oxygen atoms in total. The minimum absolute atomic E-state index is 0.253. The number of fused-ring (bicyclic) bond motifs is 1. The normalized spacial score (nSPS) is 12.7. The van der Waals surface area contributed by atoms with Crippen molar-refractivity contribution in [3.8, 4) is 0 Å². The molecule has 1 heterocycles. The van der Waals surface area contributed by atoms with Crippen LogP contribution in [0.15, 0.2) is 42.5 Å². The van der Waals surface area contributed by atoms with E-state index in [0.29, 0.717) is 11.4 Å². The maximum Gasteiger partial charge on any atom is 0.326 e. The molecule has 0 saturated heterocycles. The van der Waals surface area contributed by atoms with Crippen molar-refractivity contribution in [2.45, 2.75) is 13.8 Å². The molecule has 3 rings (SSSR count). The van der Waals surface area contributed by atoms with E-state index >= 15 is 0 Å². The minimum atomic E-state index is -0.784. The lowest BCUT2D eigenvalue weighted by Gasteiger charge is -2.15. The summed E-state index contributed by atoms with van der Waals surface area (Å²) in [7, 11) is 0. The molecule has 0 aliphatic carbocycles. The van der Waals surface area contributed by atoms with E-state index in [0.717, 1.165) is 16.0 Å². The second-order valence-corrected chi connectivity index (χ2v) is 6.26. The SMILES string of the molecule is Cc1ccc(C)c(NC(=O)COC(=O)CN2C(=O)C(=O)c3ccccc32)c1. The van der Waals surface area contributed by atoms with E-state index in [9.17, 15) is 19.2 Å². The molecule has 2 aromatic carbocycles. The summed E-state index contributed by atoms with van der Waals surface area (Å²) in [6, 6.07) is 12.0. The van der Waals surface area contributed by atoms with Crippen molar-refractivity contribution >= 4 is 34.9 Å². The van der Waals surface area contributed by atoms with E-state index < -0.39 is 36.7 Å². The highest BCUT2D eigenvalue weighted by molar-refractivity contribution is 6.52. The van der Waals surface area contributed by atoms with E-state index in [1.807, 2.05) is 32.0 Å². The van der Waals surface area contributed by atoms with Gasteiger partial charge in [0.15, 0.2) is 6.61 Å². The fraction of sp³-hybridized carbons (Fsp3) is 0.200. The Morgan fingerprint density at radius 1 is 1.07 bits per heavy atom. The maximum absolute atomic E-state index is 12.0. The highest BCUT2D eigenvalue weighted by Crippen LogP contribution is 2.28. The number of anilines is 2. The number of hydrogen-bond acceptors (Lipinski definition) is 5. The summed E-state index contributed by atoms with van der Waals surface area (Å²) in [6.07, 6.45) is 0. The van der Waals surface area contributed by atoms with Gasteiger partial charge in [-0.3, -0.25) is 24.1 Å². The lowest BCUT2D eigenvalue weighted by Crippen LogP contribution is -2.36. The average molecular weight is 366 g/mol. The number of Topliss-reactive ketones (excluding diaryl/α,β-unsaturated/α-hetero) is 1. The smallest absolute Gasteiger partial charge is 0.326 e. The third kappa shape index (κ3) is 3.87. The van der Waals surface area contributed by atoms with Crippen molar-refractivity contribution in [1.82, 2.24) is 0 Å². The fourth-order valence-corrected chi connectivity index (χ4v) is 2.78. The van der Waals surface area contributed by atoms with E-state index in [4.69, 9.17) is 4.74 Å². The maximum atomic E-state index is 12.0. The monoisotopic (exact) mass is 366 g/mol. The van der Waals surface area contributed by atoms with Gasteiger partial charge in [0, 0.05) is 5.69 Å². The molecule has 0 unspecified atom stereocenters. The molecule has 0 aromatic heterocycles. The zero-order valence-electron chi connectivity index (χ0n) is 14.9.